The Hall–Kier alpha value is -3.27. The fraction of sp³-hybridized carbons (Fsp3) is 0.440. The van der Waals surface area contributed by atoms with Crippen LogP contribution in [0.4, 0.5) is 18.0 Å². The van der Waals surface area contributed by atoms with Gasteiger partial charge in [-0.25, -0.2) is 4.79 Å². The minimum atomic E-state index is -4.99. The number of alkyl carbamates (subject to hydrolysis) is 1. The number of halogens is 3. The maximum absolute atomic E-state index is 14.4. The molecule has 0 aromatic heterocycles. The molecule has 2 heterocycles. The quantitative estimate of drug-likeness (QED) is 0.683. The normalized spacial score (nSPS) is 21.6. The highest BCUT2D eigenvalue weighted by Crippen LogP contribution is 2.47. The monoisotopic (exact) mass is 492 g/mol. The number of benzene rings is 2. The Morgan fingerprint density at radius 3 is 2.29 bits per heavy atom. The van der Waals surface area contributed by atoms with E-state index in [2.05, 4.69) is 5.32 Å². The first-order chi connectivity index (χ1) is 16.7. The summed E-state index contributed by atoms with van der Waals surface area (Å²) in [6.07, 6.45) is -5.25. The van der Waals surface area contributed by atoms with Crippen molar-refractivity contribution in [1.82, 2.24) is 10.2 Å². The van der Waals surface area contributed by atoms with Gasteiger partial charge in [0.15, 0.2) is 0 Å². The third-order valence-corrected chi connectivity index (χ3v) is 6.98. The van der Waals surface area contributed by atoms with Crippen LogP contribution >= 0.6 is 0 Å². The predicted molar refractivity (Wildman–Crippen MR) is 120 cm³/mol. The number of likely N-dealkylation sites (tertiary alicyclic amines) is 1. The van der Waals surface area contributed by atoms with Crippen LogP contribution in [0.1, 0.15) is 29.9 Å². The van der Waals surface area contributed by atoms with E-state index in [0.717, 1.165) is 17.6 Å². The molecule has 0 saturated carbocycles. The Bertz CT molecular complexity index is 1070. The molecule has 7 nitrogen and oxygen atoms in total. The number of rotatable bonds is 5. The number of carbonyl (C=O) groups is 2. The number of methoxy groups -OCH3 is 2. The highest BCUT2D eigenvalue weighted by Gasteiger charge is 2.64. The molecule has 188 valence electrons. The van der Waals surface area contributed by atoms with E-state index in [9.17, 15) is 22.8 Å². The highest BCUT2D eigenvalue weighted by atomic mass is 19.4. The second-order valence-electron chi connectivity index (χ2n) is 8.67. The van der Waals surface area contributed by atoms with Gasteiger partial charge >= 0.3 is 12.3 Å². The standard InChI is InChI=1S/C25H27F3N2O5/c1-33-20-11-7-6-10-18(20)19-16-29-22(32)35-23(19)12-14-30(15-13-23)21(31)24(34-2,25(26,27)28)17-8-4-3-5-9-17/h3-11,19H,12-16H2,1-2H3,(H,29,32)/t19-,24-/m1/s1. The predicted octanol–water partition coefficient (Wildman–Crippen LogP) is 3.98. The van der Waals surface area contributed by atoms with Gasteiger partial charge in [0.2, 0.25) is 0 Å². The molecular formula is C25H27F3N2O5. The fourth-order valence-electron chi connectivity index (χ4n) is 5.17. The van der Waals surface area contributed by atoms with Crippen LogP contribution < -0.4 is 10.1 Å². The first-order valence-electron chi connectivity index (χ1n) is 11.2. The summed E-state index contributed by atoms with van der Waals surface area (Å²) < 4.78 is 59.3. The van der Waals surface area contributed by atoms with E-state index >= 15 is 0 Å². The van der Waals surface area contributed by atoms with Crippen molar-refractivity contribution in [1.29, 1.82) is 0 Å². The SMILES string of the molecule is COc1ccccc1[C@H]1CNC(=O)OC12CCN(C(=O)[C@](OC)(c1ccccc1)C(F)(F)F)CC2. The molecule has 1 N–H and O–H groups in total. The average molecular weight is 492 g/mol. The van der Waals surface area contributed by atoms with Crippen LogP contribution in [-0.2, 0) is 19.9 Å². The number of para-hydroxylation sites is 1. The van der Waals surface area contributed by atoms with E-state index in [0.29, 0.717) is 5.75 Å². The van der Waals surface area contributed by atoms with Crippen molar-refractivity contribution >= 4 is 12.0 Å². The van der Waals surface area contributed by atoms with Gasteiger partial charge in [0.1, 0.15) is 11.4 Å². The summed E-state index contributed by atoms with van der Waals surface area (Å²) in [6.45, 7) is 0.208. The molecule has 2 fully saturated rings. The number of alkyl halides is 3. The Morgan fingerprint density at radius 2 is 1.69 bits per heavy atom. The number of amides is 2. The summed E-state index contributed by atoms with van der Waals surface area (Å²) in [6, 6.07) is 14.2. The molecule has 2 atom stereocenters. The molecule has 4 rings (SSSR count). The summed E-state index contributed by atoms with van der Waals surface area (Å²) in [5.74, 6) is -0.880. The molecule has 35 heavy (non-hydrogen) atoms. The topological polar surface area (TPSA) is 77.1 Å². The Kier molecular flexibility index (Phi) is 6.68. The number of nitrogens with one attached hydrogen (secondary N) is 1. The van der Waals surface area contributed by atoms with Gasteiger partial charge in [-0.1, -0.05) is 48.5 Å². The van der Waals surface area contributed by atoms with Crippen molar-refractivity contribution in [3.05, 3.63) is 65.7 Å². The smallest absolute Gasteiger partial charge is 0.430 e. The minimum Gasteiger partial charge on any atom is -0.496 e. The molecule has 2 aliphatic heterocycles. The van der Waals surface area contributed by atoms with E-state index < -0.39 is 29.4 Å². The van der Waals surface area contributed by atoms with Crippen LogP contribution in [0.5, 0.6) is 5.75 Å². The lowest BCUT2D eigenvalue weighted by atomic mass is 9.74. The average Bonchev–Trinajstić information content (AvgIpc) is 2.85. The summed E-state index contributed by atoms with van der Waals surface area (Å²) in [7, 11) is 2.43. The van der Waals surface area contributed by atoms with Crippen molar-refractivity contribution in [2.24, 2.45) is 0 Å². The largest absolute Gasteiger partial charge is 0.496 e. The van der Waals surface area contributed by atoms with E-state index in [4.69, 9.17) is 14.2 Å². The van der Waals surface area contributed by atoms with Gasteiger partial charge in [-0.2, -0.15) is 13.2 Å². The minimum absolute atomic E-state index is 0.0359. The molecule has 2 amide bonds. The van der Waals surface area contributed by atoms with Crippen molar-refractivity contribution in [2.75, 3.05) is 33.9 Å². The van der Waals surface area contributed by atoms with E-state index in [-0.39, 0.29) is 44.0 Å². The second kappa shape index (κ2) is 9.41. The molecule has 0 bridgehead atoms. The van der Waals surface area contributed by atoms with Gasteiger partial charge in [-0.3, -0.25) is 4.79 Å². The Labute approximate surface area is 201 Å². The zero-order valence-electron chi connectivity index (χ0n) is 19.4. The molecule has 2 aromatic rings. The maximum Gasteiger partial charge on any atom is 0.430 e. The summed E-state index contributed by atoms with van der Waals surface area (Å²) >= 11 is 0. The number of nitrogens with zero attached hydrogens (tertiary/aromatic N) is 1. The van der Waals surface area contributed by atoms with Crippen LogP contribution in [0.2, 0.25) is 0 Å². The van der Waals surface area contributed by atoms with Gasteiger partial charge in [-0.15, -0.1) is 0 Å². The number of hydrogen-bond donors (Lipinski definition) is 1. The molecule has 0 radical (unpaired) electrons. The van der Waals surface area contributed by atoms with Crippen LogP contribution in [-0.4, -0.2) is 62.5 Å². The van der Waals surface area contributed by atoms with E-state index in [1.54, 1.807) is 19.2 Å². The summed E-state index contributed by atoms with van der Waals surface area (Å²) in [5.41, 5.74) is -3.60. The second-order valence-corrected chi connectivity index (χ2v) is 8.67. The van der Waals surface area contributed by atoms with Crippen molar-refractivity contribution in [3.8, 4) is 5.75 Å². The van der Waals surface area contributed by atoms with Gasteiger partial charge in [-0.05, 0) is 6.07 Å². The zero-order valence-corrected chi connectivity index (χ0v) is 19.4. The third kappa shape index (κ3) is 4.20. The molecule has 0 unspecified atom stereocenters. The molecule has 1 spiro atoms. The van der Waals surface area contributed by atoms with Crippen molar-refractivity contribution in [2.45, 2.75) is 36.1 Å². The van der Waals surface area contributed by atoms with E-state index in [1.165, 1.54) is 24.3 Å². The lowest BCUT2D eigenvalue weighted by Crippen LogP contribution is -2.62. The number of hydrogen-bond acceptors (Lipinski definition) is 5. The molecule has 2 aromatic carbocycles. The molecule has 2 aliphatic rings. The third-order valence-electron chi connectivity index (χ3n) is 6.98. The molecule has 2 saturated heterocycles. The van der Waals surface area contributed by atoms with Gasteiger partial charge in [0, 0.05) is 56.6 Å². The summed E-state index contributed by atoms with van der Waals surface area (Å²) in [4.78, 5) is 26.8. The van der Waals surface area contributed by atoms with Crippen LogP contribution in [0.25, 0.3) is 0 Å². The van der Waals surface area contributed by atoms with Crippen LogP contribution in [0.15, 0.2) is 54.6 Å². The number of piperidine rings is 1. The molecular weight excluding hydrogens is 465 g/mol. The Balaban J connectivity index is 1.64. The highest BCUT2D eigenvalue weighted by molar-refractivity contribution is 5.88. The first-order valence-corrected chi connectivity index (χ1v) is 11.2. The van der Waals surface area contributed by atoms with E-state index in [1.807, 2.05) is 18.2 Å². The molecule has 10 heteroatoms. The van der Waals surface area contributed by atoms with Gasteiger partial charge in [0.05, 0.1) is 7.11 Å². The maximum atomic E-state index is 14.4. The van der Waals surface area contributed by atoms with Gasteiger partial charge < -0.3 is 24.4 Å². The van der Waals surface area contributed by atoms with Crippen molar-refractivity contribution in [3.63, 3.8) is 0 Å². The fourth-order valence-corrected chi connectivity index (χ4v) is 5.17. The lowest BCUT2D eigenvalue weighted by molar-refractivity contribution is -0.271. The molecule has 0 aliphatic carbocycles. The van der Waals surface area contributed by atoms with Crippen LogP contribution in [0, 0.1) is 0 Å². The summed E-state index contributed by atoms with van der Waals surface area (Å²) in [5, 5.41) is 2.70. The lowest BCUT2D eigenvalue weighted by Gasteiger charge is -2.49. The number of ether oxygens (including phenoxy) is 3. The first kappa shape index (κ1) is 24.8. The van der Waals surface area contributed by atoms with Crippen LogP contribution in [0.3, 0.4) is 0 Å². The van der Waals surface area contributed by atoms with Crippen molar-refractivity contribution < 1.29 is 37.0 Å². The zero-order chi connectivity index (χ0) is 25.3. The van der Waals surface area contributed by atoms with Gasteiger partial charge in [0.25, 0.3) is 11.5 Å². The Morgan fingerprint density at radius 1 is 1.06 bits per heavy atom. The number of carbonyl (C=O) groups excluding carboxylic acids is 2.